The van der Waals surface area contributed by atoms with Crippen molar-refractivity contribution in [1.29, 1.82) is 0 Å². The Hall–Kier alpha value is -2.48. The first-order valence-electron chi connectivity index (χ1n) is 9.47. The van der Waals surface area contributed by atoms with Crippen LogP contribution in [0.2, 0.25) is 0 Å². The average Bonchev–Trinajstić information content (AvgIpc) is 3.15. The Kier molecular flexibility index (Phi) is 5.19. The van der Waals surface area contributed by atoms with Gasteiger partial charge in [-0.15, -0.1) is 0 Å². The number of likely N-dealkylation sites (N-methyl/N-ethyl adjacent to an activating group) is 1. The lowest BCUT2D eigenvalue weighted by atomic mass is 10.1. The van der Waals surface area contributed by atoms with E-state index in [-0.39, 0.29) is 17.9 Å². The van der Waals surface area contributed by atoms with Crippen molar-refractivity contribution < 1.29 is 9.59 Å². The van der Waals surface area contributed by atoms with Gasteiger partial charge >= 0.3 is 0 Å². The van der Waals surface area contributed by atoms with Crippen molar-refractivity contribution in [1.82, 2.24) is 24.4 Å². The second kappa shape index (κ2) is 7.26. The number of fused-ring (bicyclic) bond motifs is 1. The van der Waals surface area contributed by atoms with E-state index in [4.69, 9.17) is 5.73 Å². The van der Waals surface area contributed by atoms with Crippen molar-refractivity contribution >= 4 is 17.5 Å². The molecule has 1 aliphatic heterocycles. The number of carbonyl (C=O) groups excluding carboxylic acids is 2. The van der Waals surface area contributed by atoms with Crippen LogP contribution in [-0.4, -0.2) is 67.9 Å². The number of nitrogens with two attached hydrogens (primary N) is 1. The molecule has 3 heterocycles. The van der Waals surface area contributed by atoms with Gasteiger partial charge in [0, 0.05) is 37.1 Å². The molecule has 0 saturated carbocycles. The minimum atomic E-state index is -0.535. The van der Waals surface area contributed by atoms with E-state index in [1.807, 2.05) is 33.8 Å². The molecule has 146 valence electrons. The fourth-order valence-corrected chi connectivity index (χ4v) is 3.89. The molecule has 27 heavy (non-hydrogen) atoms. The molecule has 0 radical (unpaired) electrons. The van der Waals surface area contributed by atoms with Crippen LogP contribution >= 0.6 is 0 Å². The average molecular weight is 372 g/mol. The minimum Gasteiger partial charge on any atom is -0.341 e. The molecule has 1 saturated heterocycles. The zero-order valence-electron chi connectivity index (χ0n) is 16.7. The maximum absolute atomic E-state index is 13.4. The topological polar surface area (TPSA) is 96.8 Å². The standard InChI is InChI=1S/C19H28N6O2/c1-6-23(7-2)18(26)15-9-14(20)10-24(15)19(27)16-13(5)22-25-12(4)8-11(3)21-17(16)25/h8,14-15H,6-7,9-10,20H2,1-5H3/t14-,15-/m0/s1. The van der Waals surface area contributed by atoms with Gasteiger partial charge in [-0.25, -0.2) is 9.50 Å². The quantitative estimate of drug-likeness (QED) is 0.866. The van der Waals surface area contributed by atoms with Crippen molar-refractivity contribution in [3.63, 3.8) is 0 Å². The number of nitrogens with zero attached hydrogens (tertiary/aromatic N) is 5. The molecule has 2 amide bonds. The molecule has 0 aliphatic carbocycles. The normalized spacial score (nSPS) is 19.7. The first-order chi connectivity index (χ1) is 12.8. The SMILES string of the molecule is CCN(CC)C(=O)[C@@H]1C[C@H](N)CN1C(=O)c1c(C)nn2c(C)cc(C)nc12. The van der Waals surface area contributed by atoms with E-state index in [1.165, 1.54) is 0 Å². The molecular weight excluding hydrogens is 344 g/mol. The summed E-state index contributed by atoms with van der Waals surface area (Å²) in [5.74, 6) is -0.269. The smallest absolute Gasteiger partial charge is 0.260 e. The van der Waals surface area contributed by atoms with Crippen LogP contribution in [-0.2, 0) is 4.79 Å². The second-order valence-electron chi connectivity index (χ2n) is 7.21. The number of carbonyl (C=O) groups is 2. The third-order valence-corrected chi connectivity index (χ3v) is 5.24. The van der Waals surface area contributed by atoms with E-state index in [9.17, 15) is 9.59 Å². The molecule has 2 aromatic rings. The summed E-state index contributed by atoms with van der Waals surface area (Å²) < 4.78 is 1.69. The Balaban J connectivity index is 2.03. The van der Waals surface area contributed by atoms with Crippen LogP contribution in [0.3, 0.4) is 0 Å². The molecule has 1 aliphatic rings. The fourth-order valence-electron chi connectivity index (χ4n) is 3.89. The highest BCUT2D eigenvalue weighted by molar-refractivity contribution is 6.03. The van der Waals surface area contributed by atoms with Crippen molar-refractivity contribution in [2.45, 2.75) is 53.1 Å². The largest absolute Gasteiger partial charge is 0.341 e. The summed E-state index contributed by atoms with van der Waals surface area (Å²) >= 11 is 0. The van der Waals surface area contributed by atoms with Crippen LogP contribution in [0.25, 0.3) is 5.65 Å². The summed E-state index contributed by atoms with van der Waals surface area (Å²) in [7, 11) is 0. The predicted molar refractivity (Wildman–Crippen MR) is 103 cm³/mol. The van der Waals surface area contributed by atoms with E-state index in [0.717, 1.165) is 11.4 Å². The summed E-state index contributed by atoms with van der Waals surface area (Å²) in [6, 6.07) is 1.18. The Morgan fingerprint density at radius 1 is 1.26 bits per heavy atom. The predicted octanol–water partition coefficient (Wildman–Crippen LogP) is 1.06. The Morgan fingerprint density at radius 3 is 2.56 bits per heavy atom. The minimum absolute atomic E-state index is 0.0456. The number of likely N-dealkylation sites (tertiary alicyclic amines) is 1. The van der Waals surface area contributed by atoms with E-state index in [0.29, 0.717) is 43.0 Å². The second-order valence-corrected chi connectivity index (χ2v) is 7.21. The number of amides is 2. The van der Waals surface area contributed by atoms with Gasteiger partial charge in [0.1, 0.15) is 11.6 Å². The number of rotatable bonds is 4. The zero-order chi connectivity index (χ0) is 19.9. The van der Waals surface area contributed by atoms with Crippen LogP contribution in [0.1, 0.15) is 47.7 Å². The molecule has 0 spiro atoms. The van der Waals surface area contributed by atoms with Gasteiger partial charge in [-0.05, 0) is 47.1 Å². The lowest BCUT2D eigenvalue weighted by Crippen LogP contribution is -2.47. The molecule has 3 rings (SSSR count). The molecule has 0 unspecified atom stereocenters. The summed E-state index contributed by atoms with van der Waals surface area (Å²) in [6.45, 7) is 11.1. The van der Waals surface area contributed by atoms with Gasteiger partial charge in [0.2, 0.25) is 5.91 Å². The monoisotopic (exact) mass is 372 g/mol. The van der Waals surface area contributed by atoms with Gasteiger partial charge in [-0.1, -0.05) is 0 Å². The van der Waals surface area contributed by atoms with Crippen LogP contribution in [0.5, 0.6) is 0 Å². The molecule has 8 nitrogen and oxygen atoms in total. The Morgan fingerprint density at radius 2 is 1.93 bits per heavy atom. The molecular formula is C19H28N6O2. The highest BCUT2D eigenvalue weighted by atomic mass is 16.2. The van der Waals surface area contributed by atoms with Gasteiger partial charge in [0.15, 0.2) is 5.65 Å². The van der Waals surface area contributed by atoms with Crippen LogP contribution in [0, 0.1) is 20.8 Å². The van der Waals surface area contributed by atoms with Crippen LogP contribution in [0.15, 0.2) is 6.07 Å². The van der Waals surface area contributed by atoms with Crippen molar-refractivity contribution in [2.24, 2.45) is 5.73 Å². The van der Waals surface area contributed by atoms with E-state index < -0.39 is 6.04 Å². The van der Waals surface area contributed by atoms with Gasteiger partial charge in [0.25, 0.3) is 5.91 Å². The Bertz CT molecular complexity index is 886. The van der Waals surface area contributed by atoms with Crippen molar-refractivity contribution in [2.75, 3.05) is 19.6 Å². The van der Waals surface area contributed by atoms with Gasteiger partial charge in [-0.3, -0.25) is 9.59 Å². The highest BCUT2D eigenvalue weighted by Crippen LogP contribution is 2.25. The van der Waals surface area contributed by atoms with Crippen LogP contribution < -0.4 is 5.73 Å². The number of hydrogen-bond donors (Lipinski definition) is 1. The molecule has 1 fully saturated rings. The van der Waals surface area contributed by atoms with Crippen molar-refractivity contribution in [3.8, 4) is 0 Å². The first-order valence-corrected chi connectivity index (χ1v) is 9.47. The molecule has 2 aromatic heterocycles. The van der Waals surface area contributed by atoms with E-state index in [1.54, 1.807) is 21.2 Å². The van der Waals surface area contributed by atoms with Gasteiger partial charge < -0.3 is 15.5 Å². The lowest BCUT2D eigenvalue weighted by molar-refractivity contribution is -0.134. The summed E-state index contributed by atoms with van der Waals surface area (Å²) in [4.78, 5) is 34.3. The van der Waals surface area contributed by atoms with E-state index in [2.05, 4.69) is 10.1 Å². The summed E-state index contributed by atoms with van der Waals surface area (Å²) in [5, 5.41) is 4.48. The fraction of sp³-hybridized carbons (Fsp3) is 0.579. The summed E-state index contributed by atoms with van der Waals surface area (Å²) in [6.07, 6.45) is 0.477. The van der Waals surface area contributed by atoms with Gasteiger partial charge in [-0.2, -0.15) is 5.10 Å². The molecule has 2 N–H and O–H groups in total. The highest BCUT2D eigenvalue weighted by Gasteiger charge is 2.41. The third-order valence-electron chi connectivity index (χ3n) is 5.24. The molecule has 2 atom stereocenters. The maximum atomic E-state index is 13.4. The zero-order valence-corrected chi connectivity index (χ0v) is 16.7. The van der Waals surface area contributed by atoms with Crippen LogP contribution in [0.4, 0.5) is 0 Å². The molecule has 0 bridgehead atoms. The third kappa shape index (κ3) is 3.29. The Labute approximate surface area is 159 Å². The van der Waals surface area contributed by atoms with Crippen molar-refractivity contribution in [3.05, 3.63) is 28.7 Å². The molecule has 0 aromatic carbocycles. The number of hydrogen-bond acceptors (Lipinski definition) is 5. The van der Waals surface area contributed by atoms with Gasteiger partial charge in [0.05, 0.1) is 5.69 Å². The summed E-state index contributed by atoms with van der Waals surface area (Å²) in [5.41, 5.74) is 9.45. The molecule has 8 heteroatoms. The number of aromatic nitrogens is 3. The first kappa shape index (κ1) is 19.3. The number of aryl methyl sites for hydroxylation is 3. The van der Waals surface area contributed by atoms with E-state index >= 15 is 0 Å². The lowest BCUT2D eigenvalue weighted by Gasteiger charge is -2.28. The maximum Gasteiger partial charge on any atom is 0.260 e.